The highest BCUT2D eigenvalue weighted by Crippen LogP contribution is 2.36. The molecule has 3 nitrogen and oxygen atoms in total. The Balaban J connectivity index is 0.00000192. The van der Waals surface area contributed by atoms with Crippen molar-refractivity contribution in [3.8, 4) is 0 Å². The molecule has 0 atom stereocenters. The van der Waals surface area contributed by atoms with Crippen LogP contribution in [0.5, 0.6) is 0 Å². The number of alkyl halides is 3. The summed E-state index contributed by atoms with van der Waals surface area (Å²) in [6, 6.07) is 13.3. The van der Waals surface area contributed by atoms with Gasteiger partial charge < -0.3 is 4.90 Å². The summed E-state index contributed by atoms with van der Waals surface area (Å²) in [4.78, 5) is 9.72. The molecule has 2 aromatic carbocycles. The van der Waals surface area contributed by atoms with E-state index in [1.807, 2.05) is 30.3 Å². The molecule has 0 fully saturated rings. The molecular weight excluding hydrogens is 327 g/mol. The molecule has 3 rings (SSSR count). The number of anilines is 2. The number of fused-ring (bicyclic) bond motifs is 1. The highest BCUT2D eigenvalue weighted by molar-refractivity contribution is 5.93. The first kappa shape index (κ1) is 17.0. The van der Waals surface area contributed by atoms with Gasteiger partial charge in [-0.2, -0.15) is 13.2 Å². The Morgan fingerprint density at radius 3 is 2.26 bits per heavy atom. The topological polar surface area (TPSA) is 29.0 Å². The van der Waals surface area contributed by atoms with Crippen LogP contribution in [0.4, 0.5) is 24.7 Å². The Labute approximate surface area is 137 Å². The van der Waals surface area contributed by atoms with Crippen LogP contribution in [0.3, 0.4) is 0 Å². The summed E-state index contributed by atoms with van der Waals surface area (Å²) >= 11 is 0. The van der Waals surface area contributed by atoms with Crippen molar-refractivity contribution < 1.29 is 13.2 Å². The lowest BCUT2D eigenvalue weighted by Gasteiger charge is -2.20. The fourth-order valence-electron chi connectivity index (χ4n) is 2.34. The van der Waals surface area contributed by atoms with Gasteiger partial charge in [-0.25, -0.2) is 9.97 Å². The molecule has 1 aromatic heterocycles. The Hall–Kier alpha value is -2.34. The molecule has 0 aliphatic heterocycles. The average molecular weight is 340 g/mol. The third-order valence-electron chi connectivity index (χ3n) is 3.41. The second-order valence-corrected chi connectivity index (χ2v) is 4.79. The van der Waals surface area contributed by atoms with Crippen LogP contribution in [-0.4, -0.2) is 17.0 Å². The summed E-state index contributed by atoms with van der Waals surface area (Å²) in [7, 11) is 1.76. The summed E-state index contributed by atoms with van der Waals surface area (Å²) in [5.41, 5.74) is -0.0159. The largest absolute Gasteiger partial charge is 0.418 e. The summed E-state index contributed by atoms with van der Waals surface area (Å²) < 4.78 is 39.3. The third kappa shape index (κ3) is 3.22. The maximum absolute atomic E-state index is 13.1. The van der Waals surface area contributed by atoms with E-state index in [1.54, 1.807) is 18.0 Å². The van der Waals surface area contributed by atoms with Crippen molar-refractivity contribution in [2.24, 2.45) is 0 Å². The predicted molar refractivity (Wildman–Crippen MR) is 86.3 cm³/mol. The van der Waals surface area contributed by atoms with Crippen molar-refractivity contribution in [3.05, 3.63) is 60.4 Å². The van der Waals surface area contributed by atoms with E-state index in [0.717, 1.165) is 18.1 Å². The lowest BCUT2D eigenvalue weighted by molar-refractivity contribution is -0.136. The maximum atomic E-state index is 13.1. The fourth-order valence-corrected chi connectivity index (χ4v) is 2.34. The first-order valence-corrected chi connectivity index (χ1v) is 6.58. The SMILES string of the molecule is CN(c1ccccc1)c1ncnc2c(C(F)(F)F)cccc12.Cl. The number of hydrogen-bond acceptors (Lipinski definition) is 3. The van der Waals surface area contributed by atoms with Crippen LogP contribution in [0, 0.1) is 0 Å². The van der Waals surface area contributed by atoms with Crippen molar-refractivity contribution in [1.82, 2.24) is 9.97 Å². The Kier molecular flexibility index (Phi) is 4.75. The fraction of sp³-hybridized carbons (Fsp3) is 0.125. The lowest BCUT2D eigenvalue weighted by atomic mass is 10.1. The van der Waals surface area contributed by atoms with E-state index in [2.05, 4.69) is 9.97 Å². The van der Waals surface area contributed by atoms with E-state index < -0.39 is 11.7 Å². The number of hydrogen-bond donors (Lipinski definition) is 0. The average Bonchev–Trinajstić information content (AvgIpc) is 2.53. The van der Waals surface area contributed by atoms with Crippen LogP contribution < -0.4 is 4.90 Å². The molecule has 0 N–H and O–H groups in total. The van der Waals surface area contributed by atoms with Crippen molar-refractivity contribution in [3.63, 3.8) is 0 Å². The van der Waals surface area contributed by atoms with Gasteiger partial charge in [0.15, 0.2) is 0 Å². The molecule has 0 aliphatic carbocycles. The molecule has 0 unspecified atom stereocenters. The van der Waals surface area contributed by atoms with Crippen LogP contribution in [0.1, 0.15) is 5.56 Å². The molecule has 0 aliphatic rings. The number of nitrogens with zero attached hydrogens (tertiary/aromatic N) is 3. The quantitative estimate of drug-likeness (QED) is 0.669. The van der Waals surface area contributed by atoms with Gasteiger partial charge in [0, 0.05) is 18.1 Å². The van der Waals surface area contributed by atoms with Gasteiger partial charge in [-0.3, -0.25) is 0 Å². The molecule has 0 amide bonds. The first-order valence-electron chi connectivity index (χ1n) is 6.58. The molecule has 1 heterocycles. The molecule has 0 spiro atoms. The van der Waals surface area contributed by atoms with Gasteiger partial charge >= 0.3 is 6.18 Å². The Bertz CT molecular complexity index is 807. The summed E-state index contributed by atoms with van der Waals surface area (Å²) in [5, 5.41) is 0.365. The van der Waals surface area contributed by atoms with Crippen LogP contribution in [0.25, 0.3) is 10.9 Å². The molecule has 120 valence electrons. The van der Waals surface area contributed by atoms with Crippen LogP contribution in [0.15, 0.2) is 54.9 Å². The normalized spacial score (nSPS) is 11.1. The van der Waals surface area contributed by atoms with E-state index in [4.69, 9.17) is 0 Å². The maximum Gasteiger partial charge on any atom is 0.418 e. The second kappa shape index (κ2) is 6.42. The zero-order valence-electron chi connectivity index (χ0n) is 12.1. The molecule has 23 heavy (non-hydrogen) atoms. The standard InChI is InChI=1S/C16H12F3N3.ClH/c1-22(11-6-3-2-4-7-11)15-12-8-5-9-13(16(17,18)19)14(12)20-10-21-15;/h2-10H,1H3;1H. The van der Waals surface area contributed by atoms with Gasteiger partial charge in [0.05, 0.1) is 11.1 Å². The molecule has 0 saturated heterocycles. The van der Waals surface area contributed by atoms with Gasteiger partial charge in [-0.1, -0.05) is 24.3 Å². The van der Waals surface area contributed by atoms with Gasteiger partial charge in [0.1, 0.15) is 12.1 Å². The molecule has 0 saturated carbocycles. The molecular formula is C16H13ClF3N3. The smallest absolute Gasteiger partial charge is 0.329 e. The minimum Gasteiger partial charge on any atom is -0.329 e. The number of benzene rings is 2. The highest BCUT2D eigenvalue weighted by atomic mass is 35.5. The number of rotatable bonds is 2. The summed E-state index contributed by atoms with van der Waals surface area (Å²) in [6.07, 6.45) is -3.29. The van der Waals surface area contributed by atoms with E-state index >= 15 is 0 Å². The predicted octanol–water partition coefficient (Wildman–Crippen LogP) is 4.84. The lowest BCUT2D eigenvalue weighted by Crippen LogP contribution is -2.13. The van der Waals surface area contributed by atoms with Gasteiger partial charge in [-0.15, -0.1) is 12.4 Å². The van der Waals surface area contributed by atoms with Crippen LogP contribution >= 0.6 is 12.4 Å². The second-order valence-electron chi connectivity index (χ2n) is 4.79. The first-order chi connectivity index (χ1) is 10.5. The minimum atomic E-state index is -4.45. The number of halogens is 4. The number of aromatic nitrogens is 2. The van der Waals surface area contributed by atoms with Crippen LogP contribution in [0.2, 0.25) is 0 Å². The van der Waals surface area contributed by atoms with E-state index in [-0.39, 0.29) is 17.9 Å². The molecule has 0 bridgehead atoms. The number of para-hydroxylation sites is 2. The van der Waals surface area contributed by atoms with Crippen molar-refractivity contribution in [1.29, 1.82) is 0 Å². The van der Waals surface area contributed by atoms with Crippen molar-refractivity contribution >= 4 is 34.8 Å². The molecule has 3 aromatic rings. The minimum absolute atomic E-state index is 0. The Morgan fingerprint density at radius 1 is 0.913 bits per heavy atom. The zero-order chi connectivity index (χ0) is 15.7. The zero-order valence-corrected chi connectivity index (χ0v) is 12.9. The van der Waals surface area contributed by atoms with Crippen molar-refractivity contribution in [2.75, 3.05) is 11.9 Å². The summed E-state index contributed by atoms with van der Waals surface area (Å²) in [6.45, 7) is 0. The summed E-state index contributed by atoms with van der Waals surface area (Å²) in [5.74, 6) is 0.433. The molecule has 0 radical (unpaired) electrons. The van der Waals surface area contributed by atoms with E-state index in [9.17, 15) is 13.2 Å². The monoisotopic (exact) mass is 339 g/mol. The van der Waals surface area contributed by atoms with E-state index in [1.165, 1.54) is 6.07 Å². The molecule has 7 heteroatoms. The van der Waals surface area contributed by atoms with Crippen molar-refractivity contribution in [2.45, 2.75) is 6.18 Å². The Morgan fingerprint density at radius 2 is 1.61 bits per heavy atom. The van der Waals surface area contributed by atoms with E-state index in [0.29, 0.717) is 11.2 Å². The van der Waals surface area contributed by atoms with Gasteiger partial charge in [0.25, 0.3) is 0 Å². The van der Waals surface area contributed by atoms with Gasteiger partial charge in [-0.05, 0) is 24.3 Å². The van der Waals surface area contributed by atoms with Gasteiger partial charge in [0.2, 0.25) is 0 Å². The van der Waals surface area contributed by atoms with Crippen LogP contribution in [-0.2, 0) is 6.18 Å². The highest BCUT2D eigenvalue weighted by Gasteiger charge is 2.33. The third-order valence-corrected chi connectivity index (χ3v) is 3.41.